The number of halogens is 1. The number of hydrogen-bond acceptors (Lipinski definition) is 3. The molecule has 27 heavy (non-hydrogen) atoms. The number of hydrogen-bond donors (Lipinski definition) is 2. The van der Waals surface area contributed by atoms with Gasteiger partial charge >= 0.3 is 0 Å². The Balaban J connectivity index is 1.81. The average Bonchev–Trinajstić information content (AvgIpc) is 2.62. The summed E-state index contributed by atoms with van der Waals surface area (Å²) in [5, 5.41) is 3.02. The van der Waals surface area contributed by atoms with Crippen molar-refractivity contribution in [1.29, 1.82) is 0 Å². The van der Waals surface area contributed by atoms with Crippen molar-refractivity contribution in [2.45, 2.75) is 50.5 Å². The first kappa shape index (κ1) is 21.8. The standard InChI is InChI=1S/C19H30FN3O3S/c1-3-4-5-8-16(2)21-19(24)15-22-11-13-23(14-12-22)27(25,26)18-10-7-6-9-17(18)20/h6-7,9-10,16H,3-5,8,11-15H2,1-2H3,(H,21,24)/p+1/t16-/m0/s1. The molecule has 1 aromatic rings. The van der Waals surface area contributed by atoms with Crippen LogP contribution in [0.15, 0.2) is 29.2 Å². The molecule has 1 saturated heterocycles. The van der Waals surface area contributed by atoms with Gasteiger partial charge in [-0.25, -0.2) is 12.8 Å². The number of amides is 1. The lowest BCUT2D eigenvalue weighted by molar-refractivity contribution is -0.895. The lowest BCUT2D eigenvalue weighted by Gasteiger charge is -2.31. The van der Waals surface area contributed by atoms with E-state index in [9.17, 15) is 17.6 Å². The first-order valence-electron chi connectivity index (χ1n) is 9.72. The summed E-state index contributed by atoms with van der Waals surface area (Å²) in [5.41, 5.74) is 0. The number of nitrogens with one attached hydrogen (secondary N) is 2. The number of nitrogens with zero attached hydrogens (tertiary/aromatic N) is 1. The SMILES string of the molecule is CCCCC[C@H](C)NC(=O)C[NH+]1CCN(S(=O)(=O)c2ccccc2F)CC1. The third kappa shape index (κ3) is 6.26. The number of piperazine rings is 1. The third-order valence-corrected chi connectivity index (χ3v) is 6.87. The maximum atomic E-state index is 13.9. The van der Waals surface area contributed by atoms with Gasteiger partial charge in [0.1, 0.15) is 10.7 Å². The summed E-state index contributed by atoms with van der Waals surface area (Å²) < 4.78 is 40.4. The molecule has 1 aromatic carbocycles. The number of rotatable bonds is 9. The molecule has 0 unspecified atom stereocenters. The summed E-state index contributed by atoms with van der Waals surface area (Å²) in [6.07, 6.45) is 4.41. The highest BCUT2D eigenvalue weighted by atomic mass is 32.2. The number of quaternary nitrogens is 1. The number of carbonyl (C=O) groups excluding carboxylic acids is 1. The van der Waals surface area contributed by atoms with Crippen molar-refractivity contribution in [1.82, 2.24) is 9.62 Å². The Morgan fingerprint density at radius 3 is 2.56 bits per heavy atom. The van der Waals surface area contributed by atoms with E-state index < -0.39 is 15.8 Å². The normalized spacial score (nSPS) is 17.6. The fourth-order valence-corrected chi connectivity index (χ4v) is 4.84. The van der Waals surface area contributed by atoms with Crippen LogP contribution in [0.4, 0.5) is 4.39 Å². The van der Waals surface area contributed by atoms with Crippen LogP contribution < -0.4 is 10.2 Å². The molecule has 6 nitrogen and oxygen atoms in total. The highest BCUT2D eigenvalue weighted by Gasteiger charge is 2.32. The lowest BCUT2D eigenvalue weighted by atomic mass is 10.1. The molecule has 0 spiro atoms. The summed E-state index contributed by atoms with van der Waals surface area (Å²) in [7, 11) is -3.83. The fourth-order valence-electron chi connectivity index (χ4n) is 3.34. The van der Waals surface area contributed by atoms with Gasteiger partial charge in [-0.1, -0.05) is 38.3 Å². The highest BCUT2D eigenvalue weighted by molar-refractivity contribution is 7.89. The van der Waals surface area contributed by atoms with Crippen molar-refractivity contribution >= 4 is 15.9 Å². The molecule has 0 saturated carbocycles. The second-order valence-corrected chi connectivity index (χ2v) is 9.13. The molecule has 2 N–H and O–H groups in total. The zero-order valence-electron chi connectivity index (χ0n) is 16.2. The van der Waals surface area contributed by atoms with Crippen molar-refractivity contribution < 1.29 is 22.5 Å². The number of sulfonamides is 1. The van der Waals surface area contributed by atoms with Crippen molar-refractivity contribution in [3.63, 3.8) is 0 Å². The predicted octanol–water partition coefficient (Wildman–Crippen LogP) is 0.800. The van der Waals surface area contributed by atoms with Crippen LogP contribution in [0.25, 0.3) is 0 Å². The molecule has 152 valence electrons. The predicted molar refractivity (Wildman–Crippen MR) is 102 cm³/mol. The molecule has 0 bridgehead atoms. The van der Waals surface area contributed by atoms with Gasteiger partial charge in [0, 0.05) is 6.04 Å². The third-order valence-electron chi connectivity index (χ3n) is 4.94. The van der Waals surface area contributed by atoms with E-state index in [2.05, 4.69) is 12.2 Å². The van der Waals surface area contributed by atoms with Gasteiger partial charge in [-0.15, -0.1) is 0 Å². The van der Waals surface area contributed by atoms with E-state index in [1.54, 1.807) is 0 Å². The number of benzene rings is 1. The van der Waals surface area contributed by atoms with Crippen molar-refractivity contribution in [2.75, 3.05) is 32.7 Å². The average molecular weight is 401 g/mol. The molecule has 1 heterocycles. The van der Waals surface area contributed by atoms with E-state index in [-0.39, 0.29) is 29.9 Å². The molecule has 1 aliphatic rings. The van der Waals surface area contributed by atoms with E-state index in [0.717, 1.165) is 30.2 Å². The number of carbonyl (C=O) groups is 1. The highest BCUT2D eigenvalue weighted by Crippen LogP contribution is 2.18. The molecule has 2 rings (SSSR count). The quantitative estimate of drug-likeness (QED) is 0.603. The van der Waals surface area contributed by atoms with Gasteiger partial charge in [-0.3, -0.25) is 4.79 Å². The Kier molecular flexibility index (Phi) is 8.19. The Morgan fingerprint density at radius 1 is 1.26 bits per heavy atom. The molecule has 0 aliphatic carbocycles. The Hall–Kier alpha value is -1.51. The van der Waals surface area contributed by atoms with Gasteiger partial charge < -0.3 is 10.2 Å². The smallest absolute Gasteiger partial charge is 0.275 e. The van der Waals surface area contributed by atoms with E-state index in [0.29, 0.717) is 19.6 Å². The van der Waals surface area contributed by atoms with E-state index >= 15 is 0 Å². The topological polar surface area (TPSA) is 70.9 Å². The molecule has 0 radical (unpaired) electrons. The summed E-state index contributed by atoms with van der Waals surface area (Å²) in [6, 6.07) is 5.59. The minimum atomic E-state index is -3.83. The van der Waals surface area contributed by atoms with Crippen LogP contribution in [-0.2, 0) is 14.8 Å². The summed E-state index contributed by atoms with van der Waals surface area (Å²) in [5.74, 6) is -0.733. The monoisotopic (exact) mass is 400 g/mol. The van der Waals surface area contributed by atoms with Crippen LogP contribution in [0, 0.1) is 5.82 Å². The van der Waals surface area contributed by atoms with Crippen LogP contribution in [-0.4, -0.2) is 57.4 Å². The fraction of sp³-hybridized carbons (Fsp3) is 0.632. The summed E-state index contributed by atoms with van der Waals surface area (Å²) in [4.78, 5) is 12.9. The van der Waals surface area contributed by atoms with E-state index in [1.807, 2.05) is 6.92 Å². The second kappa shape index (κ2) is 10.1. The first-order valence-corrected chi connectivity index (χ1v) is 11.2. The van der Waals surface area contributed by atoms with Crippen LogP contribution >= 0.6 is 0 Å². The van der Waals surface area contributed by atoms with Crippen molar-refractivity contribution in [3.05, 3.63) is 30.1 Å². The zero-order valence-corrected chi connectivity index (χ0v) is 17.0. The van der Waals surface area contributed by atoms with Crippen LogP contribution in [0.3, 0.4) is 0 Å². The van der Waals surface area contributed by atoms with Crippen LogP contribution in [0.2, 0.25) is 0 Å². The minimum Gasteiger partial charge on any atom is -0.349 e. The van der Waals surface area contributed by atoms with Crippen LogP contribution in [0.5, 0.6) is 0 Å². The molecule has 8 heteroatoms. The van der Waals surface area contributed by atoms with E-state index in [4.69, 9.17) is 0 Å². The van der Waals surface area contributed by atoms with E-state index in [1.165, 1.54) is 28.9 Å². The van der Waals surface area contributed by atoms with Crippen molar-refractivity contribution in [3.8, 4) is 0 Å². The van der Waals surface area contributed by atoms with Gasteiger partial charge in [0.15, 0.2) is 6.54 Å². The maximum Gasteiger partial charge on any atom is 0.275 e. The largest absolute Gasteiger partial charge is 0.349 e. The molecule has 1 fully saturated rings. The van der Waals surface area contributed by atoms with Gasteiger partial charge in [0.05, 0.1) is 26.2 Å². The Bertz CT molecular complexity index is 719. The molecule has 1 aliphatic heterocycles. The van der Waals surface area contributed by atoms with Gasteiger partial charge in [0.25, 0.3) is 5.91 Å². The second-order valence-electron chi connectivity index (χ2n) is 7.23. The Morgan fingerprint density at radius 2 is 1.93 bits per heavy atom. The van der Waals surface area contributed by atoms with Gasteiger partial charge in [0.2, 0.25) is 10.0 Å². The molecule has 0 aromatic heterocycles. The summed E-state index contributed by atoms with van der Waals surface area (Å²) in [6.45, 7) is 6.14. The summed E-state index contributed by atoms with van der Waals surface area (Å²) >= 11 is 0. The Labute approximate surface area is 161 Å². The van der Waals surface area contributed by atoms with Gasteiger partial charge in [-0.05, 0) is 25.5 Å². The zero-order chi connectivity index (χ0) is 19.9. The number of unbranched alkanes of at least 4 members (excludes halogenated alkanes) is 2. The maximum absolute atomic E-state index is 13.9. The molecular weight excluding hydrogens is 369 g/mol. The van der Waals surface area contributed by atoms with Gasteiger partial charge in [-0.2, -0.15) is 4.31 Å². The first-order chi connectivity index (χ1) is 12.8. The molecular formula is C19H31FN3O3S+. The minimum absolute atomic E-state index is 0.000547. The molecule has 1 atom stereocenters. The molecule has 1 amide bonds. The van der Waals surface area contributed by atoms with Crippen molar-refractivity contribution in [2.24, 2.45) is 0 Å². The van der Waals surface area contributed by atoms with Crippen LogP contribution in [0.1, 0.15) is 39.5 Å². The lowest BCUT2D eigenvalue weighted by Crippen LogP contribution is -3.15.